The first-order chi connectivity index (χ1) is 5.95. The monoisotopic (exact) mass is 224 g/mol. The summed E-state index contributed by atoms with van der Waals surface area (Å²) in [6.45, 7) is 10.3. The molecule has 0 aliphatic carbocycles. The Balaban J connectivity index is -0.000000140. The Labute approximate surface area is 88.3 Å². The van der Waals surface area contributed by atoms with Crippen LogP contribution in [0.5, 0.6) is 0 Å². The molecule has 0 spiro atoms. The standard InChI is InChI=1S/2C3H7.2CHO2.Ti/c2*1-3-2;2*2-1-3;/h2*3H,1-2H3;2*(H,2,3);/q;;2*-1;+2. The second kappa shape index (κ2) is 17.7. The normalized spacial score (nSPS) is 7.23. The van der Waals surface area contributed by atoms with Crippen molar-refractivity contribution in [1.82, 2.24) is 0 Å². The van der Waals surface area contributed by atoms with Gasteiger partial charge in [-0.15, -0.1) is 0 Å². The molecule has 0 aromatic heterocycles. The summed E-state index contributed by atoms with van der Waals surface area (Å²) in [5, 5.41) is 13.5. The molecule has 5 heteroatoms. The molecular formula is C8H16O4Ti. The topological polar surface area (TPSA) is 74.6 Å². The summed E-state index contributed by atoms with van der Waals surface area (Å²) in [7, 11) is 0. The molecule has 0 aromatic carbocycles. The number of aliphatic hydroxyl groups excluding tert-OH is 2. The summed E-state index contributed by atoms with van der Waals surface area (Å²) in [6, 6.07) is 0. The van der Waals surface area contributed by atoms with Gasteiger partial charge in [-0.25, -0.2) is 0 Å². The van der Waals surface area contributed by atoms with Gasteiger partial charge in [0.05, 0.1) is 0 Å². The Kier molecular flexibility index (Phi) is 25.1. The zero-order valence-electron chi connectivity index (χ0n) is 8.37. The van der Waals surface area contributed by atoms with Crippen molar-refractivity contribution >= 4 is 12.9 Å². The van der Waals surface area contributed by atoms with Crippen molar-refractivity contribution in [1.29, 1.82) is 0 Å². The third-order valence-electron chi connectivity index (χ3n) is 0.667. The van der Waals surface area contributed by atoms with Crippen molar-refractivity contribution in [3.8, 4) is 0 Å². The van der Waals surface area contributed by atoms with E-state index in [2.05, 4.69) is 27.7 Å². The molecule has 0 fully saturated rings. The van der Waals surface area contributed by atoms with Gasteiger partial charge < -0.3 is 19.8 Å². The fourth-order valence-electron chi connectivity index (χ4n) is 0.667. The fourth-order valence-corrected chi connectivity index (χ4v) is 2.75. The zero-order chi connectivity index (χ0) is 11.3. The molecule has 0 saturated carbocycles. The molecular weight excluding hydrogens is 208 g/mol. The van der Waals surface area contributed by atoms with Crippen molar-refractivity contribution in [2.75, 3.05) is 0 Å². The van der Waals surface area contributed by atoms with Gasteiger partial charge in [0.15, 0.2) is 0 Å². The van der Waals surface area contributed by atoms with E-state index in [4.69, 9.17) is 19.8 Å². The molecule has 0 unspecified atom stereocenters. The summed E-state index contributed by atoms with van der Waals surface area (Å²) in [6.07, 6.45) is 0. The molecule has 13 heavy (non-hydrogen) atoms. The fraction of sp³-hybridized carbons (Fsp3) is 0.750. The summed E-state index contributed by atoms with van der Waals surface area (Å²) in [4.78, 5) is 16.5. The van der Waals surface area contributed by atoms with Crippen molar-refractivity contribution in [2.45, 2.75) is 36.1 Å². The largest absolute Gasteiger partial charge is 0.665 e. The third kappa shape index (κ3) is 81.3. The van der Waals surface area contributed by atoms with Crippen LogP contribution in [0.2, 0.25) is 8.45 Å². The molecule has 0 heterocycles. The Bertz CT molecular complexity index is 92.3. The number of hydrogen-bond acceptors (Lipinski definition) is 2. The minimum Gasteiger partial charge on any atom is -0.665 e. The minimum atomic E-state index is 0.389. The van der Waals surface area contributed by atoms with Crippen LogP contribution in [0.3, 0.4) is 0 Å². The quantitative estimate of drug-likeness (QED) is 0.555. The zero-order valence-corrected chi connectivity index (χ0v) is 9.93. The molecule has 0 rings (SSSR count). The Hall–Kier alpha value is -0.346. The van der Waals surface area contributed by atoms with E-state index in [0.717, 1.165) is 8.45 Å². The first-order valence-electron chi connectivity index (χ1n) is 3.74. The van der Waals surface area contributed by atoms with Crippen LogP contribution in [-0.4, -0.2) is 23.2 Å². The van der Waals surface area contributed by atoms with E-state index < -0.39 is 0 Å². The van der Waals surface area contributed by atoms with Crippen molar-refractivity contribution in [3.63, 3.8) is 0 Å². The summed E-state index contributed by atoms with van der Waals surface area (Å²) < 4.78 is 2.00. The van der Waals surface area contributed by atoms with Gasteiger partial charge in [0.2, 0.25) is 0 Å². The van der Waals surface area contributed by atoms with Gasteiger partial charge in [-0.1, -0.05) is 12.9 Å². The SMILES string of the molecule is C[CH](C)[Ti+2][CH](C)C.O=[C-]O.O=[C-]O. The molecule has 0 amide bonds. The predicted octanol–water partition coefficient (Wildman–Crippen LogP) is 1.95. The molecule has 0 aliphatic rings. The number of rotatable bonds is 2. The van der Waals surface area contributed by atoms with Gasteiger partial charge in [-0.2, -0.15) is 0 Å². The van der Waals surface area contributed by atoms with E-state index >= 15 is 0 Å². The van der Waals surface area contributed by atoms with Gasteiger partial charge >= 0.3 is 55.3 Å². The maximum absolute atomic E-state index is 8.24. The minimum absolute atomic E-state index is 0.389. The van der Waals surface area contributed by atoms with Crippen LogP contribution in [0.15, 0.2) is 0 Å². The van der Waals surface area contributed by atoms with Crippen LogP contribution in [0, 0.1) is 0 Å². The number of hydrogen-bond donors (Lipinski definition) is 2. The predicted molar refractivity (Wildman–Crippen MR) is 46.8 cm³/mol. The van der Waals surface area contributed by atoms with Crippen LogP contribution in [0.1, 0.15) is 27.7 Å². The summed E-state index contributed by atoms with van der Waals surface area (Å²) in [5.74, 6) is 0. The molecule has 0 atom stereocenters. The molecule has 0 aromatic rings. The first kappa shape index (κ1) is 18.4. The van der Waals surface area contributed by atoms with Gasteiger partial charge in [-0.3, -0.25) is 0 Å². The van der Waals surface area contributed by atoms with Crippen LogP contribution < -0.4 is 0 Å². The van der Waals surface area contributed by atoms with E-state index in [9.17, 15) is 0 Å². The van der Waals surface area contributed by atoms with Crippen LogP contribution in [0.4, 0.5) is 0 Å². The van der Waals surface area contributed by atoms with Gasteiger partial charge in [0.25, 0.3) is 0 Å². The van der Waals surface area contributed by atoms with E-state index in [0.29, 0.717) is 32.1 Å². The molecule has 0 aliphatic heterocycles. The average Bonchev–Trinajstić information content (AvgIpc) is 1.86. The van der Waals surface area contributed by atoms with Gasteiger partial charge in [0, 0.05) is 0 Å². The van der Waals surface area contributed by atoms with Crippen LogP contribution in [-0.2, 0) is 28.7 Å². The van der Waals surface area contributed by atoms with Crippen molar-refractivity contribution in [3.05, 3.63) is 0 Å². The Morgan fingerprint density at radius 1 is 0.923 bits per heavy atom. The van der Waals surface area contributed by atoms with E-state index in [1.165, 1.54) is 0 Å². The molecule has 0 saturated heterocycles. The first-order valence-corrected chi connectivity index (χ1v) is 5.55. The van der Waals surface area contributed by atoms with Gasteiger partial charge in [-0.05, 0) is 0 Å². The maximum atomic E-state index is 8.24. The van der Waals surface area contributed by atoms with E-state index in [1.54, 1.807) is 0 Å². The average molecular weight is 224 g/mol. The van der Waals surface area contributed by atoms with Crippen LogP contribution in [0.25, 0.3) is 0 Å². The summed E-state index contributed by atoms with van der Waals surface area (Å²) in [5.41, 5.74) is 0. The second-order valence-electron chi connectivity index (χ2n) is 2.66. The Morgan fingerprint density at radius 3 is 1.08 bits per heavy atom. The van der Waals surface area contributed by atoms with Crippen molar-refractivity contribution < 1.29 is 39.0 Å². The van der Waals surface area contributed by atoms with E-state index in [1.807, 2.05) is 0 Å². The molecule has 0 radical (unpaired) electrons. The molecule has 2 N–H and O–H groups in total. The van der Waals surface area contributed by atoms with Gasteiger partial charge in [0.1, 0.15) is 0 Å². The smallest absolute Gasteiger partial charge is 0.0744 e. The molecule has 0 bridgehead atoms. The maximum Gasteiger partial charge on any atom is -0.0744 e. The summed E-state index contributed by atoms with van der Waals surface area (Å²) >= 11 is 0.389. The van der Waals surface area contributed by atoms with E-state index in [-0.39, 0.29) is 0 Å². The molecule has 4 nitrogen and oxygen atoms in total. The molecule has 76 valence electrons. The van der Waals surface area contributed by atoms with Crippen molar-refractivity contribution in [2.24, 2.45) is 0 Å². The third-order valence-corrected chi connectivity index (χ3v) is 2.75. The van der Waals surface area contributed by atoms with Crippen LogP contribution >= 0.6 is 0 Å². The second-order valence-corrected chi connectivity index (χ2v) is 6.79. The Morgan fingerprint density at radius 2 is 1.08 bits per heavy atom.